The summed E-state index contributed by atoms with van der Waals surface area (Å²) in [4.78, 5) is 19.0. The van der Waals surface area contributed by atoms with Gasteiger partial charge in [0.1, 0.15) is 0 Å². The molecule has 0 fully saturated rings. The molecule has 0 spiro atoms. The van der Waals surface area contributed by atoms with Crippen molar-refractivity contribution < 1.29 is 19.4 Å². The van der Waals surface area contributed by atoms with Gasteiger partial charge in [0.25, 0.3) is 6.47 Å². The number of nitrogens with two attached hydrogens (primary N) is 1. The molecular weight excluding hydrogens is 224 g/mol. The fourth-order valence-electron chi connectivity index (χ4n) is 0.729. The van der Waals surface area contributed by atoms with Crippen molar-refractivity contribution in [3.8, 4) is 0 Å². The summed E-state index contributed by atoms with van der Waals surface area (Å²) >= 11 is 0. The SMILES string of the molecule is CC.COC(=O)CCC/C(N)=C/C=N.O=CO. The first-order chi connectivity index (χ1) is 8.12. The normalized spacial score (nSPS) is 8.76. The van der Waals surface area contributed by atoms with E-state index in [1.807, 2.05) is 13.8 Å². The van der Waals surface area contributed by atoms with Crippen LogP contribution in [0.4, 0.5) is 0 Å². The predicted octanol–water partition coefficient (Wildman–Crippen LogP) is 1.55. The first kappa shape index (κ1) is 20.5. The van der Waals surface area contributed by atoms with Crippen molar-refractivity contribution in [2.75, 3.05) is 7.11 Å². The van der Waals surface area contributed by atoms with Gasteiger partial charge in [-0.3, -0.25) is 9.59 Å². The van der Waals surface area contributed by atoms with E-state index in [9.17, 15) is 4.79 Å². The summed E-state index contributed by atoms with van der Waals surface area (Å²) in [5.41, 5.74) is 6.09. The van der Waals surface area contributed by atoms with Crippen LogP contribution in [-0.2, 0) is 14.3 Å². The van der Waals surface area contributed by atoms with E-state index in [0.29, 0.717) is 25.0 Å². The van der Waals surface area contributed by atoms with Crippen LogP contribution < -0.4 is 5.73 Å². The number of hydrogen-bond acceptors (Lipinski definition) is 5. The number of methoxy groups -OCH3 is 1. The second-order valence-corrected chi connectivity index (χ2v) is 2.44. The number of allylic oxidation sites excluding steroid dienone is 2. The summed E-state index contributed by atoms with van der Waals surface area (Å²) in [6.45, 7) is 3.75. The number of hydrogen-bond donors (Lipinski definition) is 3. The lowest BCUT2D eigenvalue weighted by Gasteiger charge is -1.99. The van der Waals surface area contributed by atoms with Crippen LogP contribution in [0.15, 0.2) is 11.8 Å². The summed E-state index contributed by atoms with van der Waals surface area (Å²) < 4.78 is 4.45. The van der Waals surface area contributed by atoms with Gasteiger partial charge in [-0.25, -0.2) is 0 Å². The maximum atomic E-state index is 10.6. The molecule has 100 valence electrons. The maximum Gasteiger partial charge on any atom is 0.305 e. The van der Waals surface area contributed by atoms with Crippen LogP contribution >= 0.6 is 0 Å². The quantitative estimate of drug-likeness (QED) is 0.387. The van der Waals surface area contributed by atoms with Gasteiger partial charge in [0.15, 0.2) is 0 Å². The average Bonchev–Trinajstić information content (AvgIpc) is 2.33. The first-order valence-electron chi connectivity index (χ1n) is 5.22. The van der Waals surface area contributed by atoms with Crippen LogP contribution in [0, 0.1) is 5.41 Å². The van der Waals surface area contributed by atoms with Crippen molar-refractivity contribution in [1.29, 1.82) is 5.41 Å². The molecule has 0 aromatic carbocycles. The Balaban J connectivity index is -0.000000337. The maximum absolute atomic E-state index is 10.6. The van der Waals surface area contributed by atoms with Crippen LogP contribution in [0.25, 0.3) is 0 Å². The van der Waals surface area contributed by atoms with Gasteiger partial charge in [-0.15, -0.1) is 0 Å². The van der Waals surface area contributed by atoms with E-state index >= 15 is 0 Å². The summed E-state index contributed by atoms with van der Waals surface area (Å²) in [5.74, 6) is -0.224. The second kappa shape index (κ2) is 19.7. The minimum absolute atomic E-state index is 0.224. The lowest BCUT2D eigenvalue weighted by molar-refractivity contribution is -0.140. The number of ether oxygens (including phenoxy) is 1. The van der Waals surface area contributed by atoms with E-state index in [4.69, 9.17) is 21.0 Å². The summed E-state index contributed by atoms with van der Waals surface area (Å²) in [5, 5.41) is 13.6. The Kier molecular flexibility index (Phi) is 23.8. The van der Waals surface area contributed by atoms with Gasteiger partial charge in [0.2, 0.25) is 0 Å². The van der Waals surface area contributed by atoms with Crippen molar-refractivity contribution in [2.45, 2.75) is 33.1 Å². The zero-order chi connectivity index (χ0) is 14.1. The van der Waals surface area contributed by atoms with Crippen molar-refractivity contribution in [2.24, 2.45) is 5.73 Å². The molecule has 0 aromatic heterocycles. The van der Waals surface area contributed by atoms with E-state index in [2.05, 4.69) is 4.74 Å². The van der Waals surface area contributed by atoms with E-state index in [0.717, 1.165) is 6.21 Å². The zero-order valence-corrected chi connectivity index (χ0v) is 10.6. The summed E-state index contributed by atoms with van der Waals surface area (Å²) in [6.07, 6.45) is 4.32. The lowest BCUT2D eigenvalue weighted by atomic mass is 10.2. The molecule has 0 bridgehead atoms. The molecule has 0 radical (unpaired) electrons. The van der Waals surface area contributed by atoms with Crippen molar-refractivity contribution >= 4 is 18.7 Å². The molecule has 6 heteroatoms. The molecule has 0 aliphatic heterocycles. The Morgan fingerprint density at radius 3 is 2.24 bits per heavy atom. The highest BCUT2D eigenvalue weighted by molar-refractivity contribution is 5.69. The number of esters is 1. The molecule has 0 saturated carbocycles. The van der Waals surface area contributed by atoms with Crippen LogP contribution in [0.5, 0.6) is 0 Å². The number of nitrogens with one attached hydrogen (secondary N) is 1. The smallest absolute Gasteiger partial charge is 0.305 e. The van der Waals surface area contributed by atoms with Crippen molar-refractivity contribution in [3.63, 3.8) is 0 Å². The summed E-state index contributed by atoms with van der Waals surface area (Å²) in [6, 6.07) is 0. The molecule has 0 aliphatic rings. The van der Waals surface area contributed by atoms with Gasteiger partial charge in [-0.1, -0.05) is 13.8 Å². The van der Waals surface area contributed by atoms with Gasteiger partial charge in [0, 0.05) is 18.3 Å². The van der Waals surface area contributed by atoms with E-state index in [1.165, 1.54) is 13.2 Å². The van der Waals surface area contributed by atoms with E-state index in [-0.39, 0.29) is 12.4 Å². The number of carboxylic acid groups (broad SMARTS) is 1. The standard InChI is InChI=1S/C8H14N2O2.C2H6.CH2O2/c1-12-8(11)4-2-3-7(10)5-6-9;1-2;2-1-3/h5-6,9H,2-4,10H2,1H3;1-2H3;1H,(H,2,3)/b7-5-,9-6?;;. The minimum atomic E-state index is -0.250. The molecule has 0 saturated heterocycles. The predicted molar refractivity (Wildman–Crippen MR) is 67.0 cm³/mol. The van der Waals surface area contributed by atoms with Gasteiger partial charge < -0.3 is 21.0 Å². The molecule has 0 atom stereocenters. The topological polar surface area (TPSA) is 113 Å². The van der Waals surface area contributed by atoms with Crippen molar-refractivity contribution in [3.05, 3.63) is 11.8 Å². The monoisotopic (exact) mass is 246 g/mol. The Morgan fingerprint density at radius 2 is 1.88 bits per heavy atom. The molecule has 4 N–H and O–H groups in total. The van der Waals surface area contributed by atoms with Crippen LogP contribution in [-0.4, -0.2) is 30.9 Å². The molecule has 0 heterocycles. The average molecular weight is 246 g/mol. The van der Waals surface area contributed by atoms with Gasteiger partial charge in [-0.05, 0) is 18.9 Å². The first-order valence-corrected chi connectivity index (χ1v) is 5.22. The number of rotatable bonds is 5. The third kappa shape index (κ3) is 24.9. The third-order valence-corrected chi connectivity index (χ3v) is 1.37. The highest BCUT2D eigenvalue weighted by Gasteiger charge is 1.99. The van der Waals surface area contributed by atoms with E-state index < -0.39 is 0 Å². The van der Waals surface area contributed by atoms with Crippen LogP contribution in [0.1, 0.15) is 33.1 Å². The zero-order valence-electron chi connectivity index (χ0n) is 10.6. The second-order valence-electron chi connectivity index (χ2n) is 2.44. The van der Waals surface area contributed by atoms with Crippen molar-refractivity contribution in [1.82, 2.24) is 0 Å². The molecule has 0 rings (SSSR count). The lowest BCUT2D eigenvalue weighted by Crippen LogP contribution is -2.02. The Morgan fingerprint density at radius 1 is 1.41 bits per heavy atom. The molecule has 0 amide bonds. The third-order valence-electron chi connectivity index (χ3n) is 1.37. The molecule has 0 aliphatic carbocycles. The van der Waals surface area contributed by atoms with Gasteiger partial charge in [0.05, 0.1) is 7.11 Å². The fraction of sp³-hybridized carbons (Fsp3) is 0.545. The minimum Gasteiger partial charge on any atom is -0.483 e. The van der Waals surface area contributed by atoms with Crippen LogP contribution in [0.2, 0.25) is 0 Å². The van der Waals surface area contributed by atoms with E-state index in [1.54, 1.807) is 0 Å². The number of carbonyl (C=O) groups excluding carboxylic acids is 1. The fourth-order valence-corrected chi connectivity index (χ4v) is 0.729. The molecular formula is C11H22N2O4. The van der Waals surface area contributed by atoms with Gasteiger partial charge >= 0.3 is 5.97 Å². The highest BCUT2D eigenvalue weighted by atomic mass is 16.5. The molecule has 0 unspecified atom stereocenters. The van der Waals surface area contributed by atoms with Crippen LogP contribution in [0.3, 0.4) is 0 Å². The molecule has 0 aromatic rings. The number of carbonyl (C=O) groups is 2. The Labute approximate surface area is 102 Å². The summed E-state index contributed by atoms with van der Waals surface area (Å²) in [7, 11) is 1.36. The Bertz CT molecular complexity index is 228. The molecule has 17 heavy (non-hydrogen) atoms. The molecule has 6 nitrogen and oxygen atoms in total. The van der Waals surface area contributed by atoms with Gasteiger partial charge in [-0.2, -0.15) is 0 Å². The highest BCUT2D eigenvalue weighted by Crippen LogP contribution is 2.01. The largest absolute Gasteiger partial charge is 0.483 e. The Hall–Kier alpha value is -1.85.